The van der Waals surface area contributed by atoms with E-state index in [0.717, 1.165) is 25.7 Å². The fourth-order valence-corrected chi connectivity index (χ4v) is 2.59. The SMILES string of the molecule is CCOC1(c2noc([C@@H](N)CO)n2)CCC(C)CC1. The Morgan fingerprint density at radius 1 is 1.53 bits per heavy atom. The molecule has 1 aromatic heterocycles. The smallest absolute Gasteiger partial charge is 0.246 e. The third-order valence-electron chi connectivity index (χ3n) is 3.87. The zero-order valence-electron chi connectivity index (χ0n) is 11.6. The molecule has 108 valence electrons. The Kier molecular flexibility index (Phi) is 4.54. The third-order valence-corrected chi connectivity index (χ3v) is 3.87. The topological polar surface area (TPSA) is 94.4 Å². The largest absolute Gasteiger partial charge is 0.394 e. The number of rotatable bonds is 5. The Bertz CT molecular complexity index is 400. The number of hydrogen-bond donors (Lipinski definition) is 2. The van der Waals surface area contributed by atoms with Gasteiger partial charge in [-0.05, 0) is 38.5 Å². The van der Waals surface area contributed by atoms with Crippen LogP contribution in [0.15, 0.2) is 4.52 Å². The van der Waals surface area contributed by atoms with Crippen LogP contribution in [0, 0.1) is 5.92 Å². The van der Waals surface area contributed by atoms with Crippen molar-refractivity contribution in [3.8, 4) is 0 Å². The van der Waals surface area contributed by atoms with Crippen LogP contribution in [0.4, 0.5) is 0 Å². The number of aromatic nitrogens is 2. The van der Waals surface area contributed by atoms with Crippen molar-refractivity contribution >= 4 is 0 Å². The predicted molar refractivity (Wildman–Crippen MR) is 69.2 cm³/mol. The number of aliphatic hydroxyl groups excluding tert-OH is 1. The van der Waals surface area contributed by atoms with Gasteiger partial charge in [-0.1, -0.05) is 12.1 Å². The Labute approximate surface area is 113 Å². The molecule has 19 heavy (non-hydrogen) atoms. The molecule has 1 heterocycles. The molecule has 0 spiro atoms. The van der Waals surface area contributed by atoms with Gasteiger partial charge in [-0.2, -0.15) is 4.98 Å². The highest BCUT2D eigenvalue weighted by atomic mass is 16.5. The van der Waals surface area contributed by atoms with Gasteiger partial charge in [0.2, 0.25) is 11.7 Å². The molecule has 1 saturated carbocycles. The second kappa shape index (κ2) is 5.98. The van der Waals surface area contributed by atoms with Gasteiger partial charge in [0, 0.05) is 6.61 Å². The van der Waals surface area contributed by atoms with E-state index < -0.39 is 11.6 Å². The van der Waals surface area contributed by atoms with Gasteiger partial charge >= 0.3 is 0 Å². The summed E-state index contributed by atoms with van der Waals surface area (Å²) in [4.78, 5) is 4.33. The van der Waals surface area contributed by atoms with Crippen LogP contribution in [-0.2, 0) is 10.3 Å². The van der Waals surface area contributed by atoms with E-state index in [9.17, 15) is 0 Å². The second-order valence-corrected chi connectivity index (χ2v) is 5.36. The van der Waals surface area contributed by atoms with E-state index in [4.69, 9.17) is 20.1 Å². The van der Waals surface area contributed by atoms with Crippen molar-refractivity contribution in [2.45, 2.75) is 51.2 Å². The lowest BCUT2D eigenvalue weighted by atomic mass is 9.79. The average Bonchev–Trinajstić information content (AvgIpc) is 2.91. The summed E-state index contributed by atoms with van der Waals surface area (Å²) in [6, 6.07) is -0.623. The van der Waals surface area contributed by atoms with Crippen LogP contribution in [0.2, 0.25) is 0 Å². The van der Waals surface area contributed by atoms with Crippen molar-refractivity contribution in [2.75, 3.05) is 13.2 Å². The maximum Gasteiger partial charge on any atom is 0.246 e. The first kappa shape index (κ1) is 14.4. The van der Waals surface area contributed by atoms with Crippen LogP contribution >= 0.6 is 0 Å². The summed E-state index contributed by atoms with van der Waals surface area (Å²) in [5.74, 6) is 1.55. The van der Waals surface area contributed by atoms with Gasteiger partial charge < -0.3 is 20.1 Å². The van der Waals surface area contributed by atoms with Gasteiger partial charge in [-0.25, -0.2) is 0 Å². The van der Waals surface area contributed by atoms with E-state index in [1.54, 1.807) is 0 Å². The van der Waals surface area contributed by atoms with E-state index in [1.165, 1.54) is 0 Å². The molecule has 6 heteroatoms. The van der Waals surface area contributed by atoms with E-state index in [2.05, 4.69) is 17.1 Å². The fraction of sp³-hybridized carbons (Fsp3) is 0.846. The van der Waals surface area contributed by atoms with Crippen LogP contribution in [-0.4, -0.2) is 28.5 Å². The molecule has 1 fully saturated rings. The molecule has 1 atom stereocenters. The first-order valence-corrected chi connectivity index (χ1v) is 6.95. The van der Waals surface area contributed by atoms with E-state index in [0.29, 0.717) is 18.3 Å². The van der Waals surface area contributed by atoms with E-state index in [-0.39, 0.29) is 12.5 Å². The Balaban J connectivity index is 2.21. The molecule has 0 unspecified atom stereocenters. The lowest BCUT2D eigenvalue weighted by molar-refractivity contribution is -0.0847. The van der Waals surface area contributed by atoms with Crippen molar-refractivity contribution in [3.63, 3.8) is 0 Å². The number of nitrogens with two attached hydrogens (primary N) is 1. The molecule has 1 aromatic rings. The molecule has 0 bridgehead atoms. The summed E-state index contributed by atoms with van der Waals surface area (Å²) >= 11 is 0. The van der Waals surface area contributed by atoms with E-state index in [1.807, 2.05) is 6.92 Å². The molecule has 3 N–H and O–H groups in total. The molecule has 1 aliphatic rings. The molecule has 0 radical (unpaired) electrons. The molecular formula is C13H23N3O3. The molecule has 2 rings (SSSR count). The summed E-state index contributed by atoms with van der Waals surface area (Å²) in [5.41, 5.74) is 5.24. The first-order chi connectivity index (χ1) is 9.11. The van der Waals surface area contributed by atoms with Crippen LogP contribution < -0.4 is 5.73 Å². The quantitative estimate of drug-likeness (QED) is 0.841. The van der Waals surface area contributed by atoms with Crippen molar-refractivity contribution < 1.29 is 14.4 Å². The van der Waals surface area contributed by atoms with Crippen LogP contribution in [0.5, 0.6) is 0 Å². The van der Waals surface area contributed by atoms with Crippen molar-refractivity contribution in [2.24, 2.45) is 11.7 Å². The molecule has 6 nitrogen and oxygen atoms in total. The van der Waals surface area contributed by atoms with Crippen LogP contribution in [0.25, 0.3) is 0 Å². The highest BCUT2D eigenvalue weighted by Crippen LogP contribution is 2.41. The number of hydrogen-bond acceptors (Lipinski definition) is 6. The van der Waals surface area contributed by atoms with Gasteiger partial charge in [0.1, 0.15) is 11.6 Å². The van der Waals surface area contributed by atoms with Crippen LogP contribution in [0.1, 0.15) is 57.3 Å². The molecule has 1 aliphatic carbocycles. The molecule has 0 aliphatic heterocycles. The number of nitrogens with zero attached hydrogens (tertiary/aromatic N) is 2. The van der Waals surface area contributed by atoms with Gasteiger partial charge in [0.05, 0.1) is 6.61 Å². The summed E-state index contributed by atoms with van der Waals surface area (Å²) in [7, 11) is 0. The minimum Gasteiger partial charge on any atom is -0.394 e. The summed E-state index contributed by atoms with van der Waals surface area (Å²) in [5, 5.41) is 13.0. The Morgan fingerprint density at radius 2 is 2.21 bits per heavy atom. The Hall–Kier alpha value is -0.980. The van der Waals surface area contributed by atoms with Crippen LogP contribution in [0.3, 0.4) is 0 Å². The standard InChI is InChI=1S/C13H23N3O3/c1-3-18-13(6-4-9(2)5-7-13)12-15-11(19-16-12)10(14)8-17/h9-10,17H,3-8,14H2,1-2H3/t9?,10-,13?/m0/s1. The molecule has 0 aromatic carbocycles. The summed E-state index contributed by atoms with van der Waals surface area (Å²) in [6.45, 7) is 4.63. The monoisotopic (exact) mass is 269 g/mol. The minimum absolute atomic E-state index is 0.208. The predicted octanol–water partition coefficient (Wildman–Crippen LogP) is 1.50. The zero-order chi connectivity index (χ0) is 13.9. The second-order valence-electron chi connectivity index (χ2n) is 5.36. The summed E-state index contributed by atoms with van der Waals surface area (Å²) in [6.07, 6.45) is 3.98. The first-order valence-electron chi connectivity index (χ1n) is 6.95. The Morgan fingerprint density at radius 3 is 2.79 bits per heavy atom. The normalized spacial score (nSPS) is 29.4. The highest BCUT2D eigenvalue weighted by Gasteiger charge is 2.41. The maximum atomic E-state index is 9.03. The fourth-order valence-electron chi connectivity index (χ4n) is 2.59. The van der Waals surface area contributed by atoms with Gasteiger partial charge in [-0.3, -0.25) is 0 Å². The van der Waals surface area contributed by atoms with Gasteiger partial charge in [0.25, 0.3) is 0 Å². The highest BCUT2D eigenvalue weighted by molar-refractivity contribution is 5.05. The molecule has 0 saturated heterocycles. The lowest BCUT2D eigenvalue weighted by Crippen LogP contribution is -2.35. The van der Waals surface area contributed by atoms with Gasteiger partial charge in [0.15, 0.2) is 0 Å². The van der Waals surface area contributed by atoms with Crippen molar-refractivity contribution in [3.05, 3.63) is 11.7 Å². The maximum absolute atomic E-state index is 9.03. The van der Waals surface area contributed by atoms with Gasteiger partial charge in [-0.15, -0.1) is 0 Å². The average molecular weight is 269 g/mol. The summed E-state index contributed by atoms with van der Waals surface area (Å²) < 4.78 is 11.1. The number of aliphatic hydroxyl groups is 1. The number of ether oxygens (including phenoxy) is 1. The minimum atomic E-state index is -0.623. The lowest BCUT2D eigenvalue weighted by Gasteiger charge is -2.36. The molecule has 0 amide bonds. The molecular weight excluding hydrogens is 246 g/mol. The van der Waals surface area contributed by atoms with Crippen molar-refractivity contribution in [1.29, 1.82) is 0 Å². The third kappa shape index (κ3) is 2.96. The van der Waals surface area contributed by atoms with Crippen molar-refractivity contribution in [1.82, 2.24) is 10.1 Å². The zero-order valence-corrected chi connectivity index (χ0v) is 11.6. The van der Waals surface area contributed by atoms with E-state index >= 15 is 0 Å².